The van der Waals surface area contributed by atoms with Crippen LogP contribution in [-0.4, -0.2) is 31.7 Å². The van der Waals surface area contributed by atoms with E-state index in [1.807, 2.05) is 18.2 Å². The molecule has 21 heavy (non-hydrogen) atoms. The molecule has 1 amide bonds. The van der Waals surface area contributed by atoms with Gasteiger partial charge in [-0.05, 0) is 37.4 Å². The van der Waals surface area contributed by atoms with E-state index in [9.17, 15) is 4.79 Å². The molecule has 0 aromatic heterocycles. The molecule has 1 aromatic carbocycles. The number of piperidine rings is 1. The molecular weight excluding hydrogens is 268 g/mol. The van der Waals surface area contributed by atoms with Gasteiger partial charge in [0.15, 0.2) is 11.5 Å². The minimum Gasteiger partial charge on any atom is -0.486 e. The Labute approximate surface area is 125 Å². The summed E-state index contributed by atoms with van der Waals surface area (Å²) in [5, 5.41) is 6.27. The quantitative estimate of drug-likeness (QED) is 0.896. The molecule has 0 aliphatic carbocycles. The maximum absolute atomic E-state index is 12.4. The maximum Gasteiger partial charge on any atom is 0.241 e. The van der Waals surface area contributed by atoms with Crippen LogP contribution >= 0.6 is 0 Å². The number of nitrogens with one attached hydrogen (secondary N) is 2. The van der Waals surface area contributed by atoms with Crippen LogP contribution in [0.5, 0.6) is 11.5 Å². The Kier molecular flexibility index (Phi) is 4.29. The summed E-state index contributed by atoms with van der Waals surface area (Å²) in [6.07, 6.45) is 3.20. The van der Waals surface area contributed by atoms with Gasteiger partial charge < -0.3 is 20.1 Å². The van der Waals surface area contributed by atoms with Crippen LogP contribution in [0, 0.1) is 5.92 Å². The van der Waals surface area contributed by atoms with Crippen molar-refractivity contribution in [2.24, 2.45) is 5.92 Å². The van der Waals surface area contributed by atoms with Gasteiger partial charge in [-0.2, -0.15) is 0 Å². The number of ether oxygens (including phenoxy) is 2. The molecule has 3 rings (SSSR count). The minimum atomic E-state index is -0.100. The first kappa shape index (κ1) is 14.2. The average molecular weight is 290 g/mol. The highest BCUT2D eigenvalue weighted by atomic mass is 16.6. The Hall–Kier alpha value is -1.75. The molecule has 1 fully saturated rings. The van der Waals surface area contributed by atoms with E-state index >= 15 is 0 Å². The van der Waals surface area contributed by atoms with Gasteiger partial charge in [0.2, 0.25) is 5.91 Å². The molecule has 0 saturated carbocycles. The summed E-state index contributed by atoms with van der Waals surface area (Å²) in [5.41, 5.74) is 0.754. The number of hydrogen-bond acceptors (Lipinski definition) is 4. The van der Waals surface area contributed by atoms with E-state index < -0.39 is 0 Å². The maximum atomic E-state index is 12.4. The molecule has 5 heteroatoms. The monoisotopic (exact) mass is 290 g/mol. The summed E-state index contributed by atoms with van der Waals surface area (Å²) >= 11 is 0. The lowest BCUT2D eigenvalue weighted by Crippen LogP contribution is -2.46. The van der Waals surface area contributed by atoms with Crippen molar-refractivity contribution in [2.75, 3.05) is 25.1 Å². The zero-order valence-electron chi connectivity index (χ0n) is 12.4. The Morgan fingerprint density at radius 2 is 2.14 bits per heavy atom. The number of anilines is 1. The molecule has 5 nitrogen and oxygen atoms in total. The number of fused-ring (bicyclic) bond motifs is 1. The van der Waals surface area contributed by atoms with Crippen LogP contribution in [0.15, 0.2) is 18.2 Å². The van der Waals surface area contributed by atoms with Crippen LogP contribution in [0.1, 0.15) is 26.2 Å². The van der Waals surface area contributed by atoms with Crippen LogP contribution in [0.4, 0.5) is 5.69 Å². The van der Waals surface area contributed by atoms with Crippen molar-refractivity contribution >= 4 is 11.6 Å². The zero-order chi connectivity index (χ0) is 14.7. The Morgan fingerprint density at radius 3 is 2.95 bits per heavy atom. The first-order chi connectivity index (χ1) is 10.3. The van der Waals surface area contributed by atoms with Crippen molar-refractivity contribution in [1.82, 2.24) is 5.32 Å². The second-order valence-corrected chi connectivity index (χ2v) is 5.65. The van der Waals surface area contributed by atoms with Crippen molar-refractivity contribution in [3.05, 3.63) is 18.2 Å². The molecule has 0 spiro atoms. The van der Waals surface area contributed by atoms with Gasteiger partial charge in [-0.3, -0.25) is 4.79 Å². The Bertz CT molecular complexity index is 518. The molecule has 2 heterocycles. The summed E-state index contributed by atoms with van der Waals surface area (Å²) in [6.45, 7) is 4.22. The number of carbonyl (C=O) groups is 1. The van der Waals surface area contributed by atoms with Gasteiger partial charge in [-0.15, -0.1) is 0 Å². The summed E-state index contributed by atoms with van der Waals surface area (Å²) in [7, 11) is 0. The summed E-state index contributed by atoms with van der Waals surface area (Å²) < 4.78 is 11.0. The van der Waals surface area contributed by atoms with Gasteiger partial charge in [0, 0.05) is 11.8 Å². The fraction of sp³-hybridized carbons (Fsp3) is 0.562. The van der Waals surface area contributed by atoms with Crippen LogP contribution in [-0.2, 0) is 4.79 Å². The van der Waals surface area contributed by atoms with Gasteiger partial charge in [0.05, 0.1) is 6.04 Å². The molecule has 1 aromatic rings. The third-order valence-corrected chi connectivity index (χ3v) is 4.22. The average Bonchev–Trinajstić information content (AvgIpc) is 2.54. The highest BCUT2D eigenvalue weighted by Crippen LogP contribution is 2.32. The molecule has 2 aliphatic heterocycles. The second-order valence-electron chi connectivity index (χ2n) is 5.65. The summed E-state index contributed by atoms with van der Waals surface area (Å²) in [5.74, 6) is 2.11. The summed E-state index contributed by atoms with van der Waals surface area (Å²) in [4.78, 5) is 12.4. The van der Waals surface area contributed by atoms with Gasteiger partial charge in [0.25, 0.3) is 0 Å². The molecule has 2 unspecified atom stereocenters. The van der Waals surface area contributed by atoms with Gasteiger partial charge >= 0.3 is 0 Å². The SMILES string of the molecule is CCC1CCNC(C(=O)Nc2ccc3c(c2)OCCO3)C1. The standard InChI is InChI=1S/C16H22N2O3/c1-2-11-5-6-17-13(9-11)16(19)18-12-3-4-14-15(10-12)21-8-7-20-14/h3-4,10-11,13,17H,2,5-9H2,1H3,(H,18,19). The third-order valence-electron chi connectivity index (χ3n) is 4.22. The number of carbonyl (C=O) groups excluding carboxylic acids is 1. The highest BCUT2D eigenvalue weighted by Gasteiger charge is 2.26. The lowest BCUT2D eigenvalue weighted by atomic mass is 9.90. The lowest BCUT2D eigenvalue weighted by molar-refractivity contribution is -0.119. The highest BCUT2D eigenvalue weighted by molar-refractivity contribution is 5.95. The second kappa shape index (κ2) is 6.35. The third kappa shape index (κ3) is 3.29. The minimum absolute atomic E-state index is 0.0322. The van der Waals surface area contributed by atoms with Gasteiger partial charge in [-0.25, -0.2) is 0 Å². The molecular formula is C16H22N2O3. The van der Waals surface area contributed by atoms with E-state index in [-0.39, 0.29) is 11.9 Å². The van der Waals surface area contributed by atoms with E-state index in [0.717, 1.165) is 37.2 Å². The molecule has 0 radical (unpaired) electrons. The van der Waals surface area contributed by atoms with Crippen molar-refractivity contribution in [3.63, 3.8) is 0 Å². The normalized spacial score (nSPS) is 24.4. The van der Waals surface area contributed by atoms with E-state index in [0.29, 0.717) is 24.9 Å². The lowest BCUT2D eigenvalue weighted by Gasteiger charge is -2.29. The van der Waals surface area contributed by atoms with Crippen LogP contribution in [0.2, 0.25) is 0 Å². The van der Waals surface area contributed by atoms with Crippen LogP contribution < -0.4 is 20.1 Å². The number of benzene rings is 1. The van der Waals surface area contributed by atoms with Crippen molar-refractivity contribution < 1.29 is 14.3 Å². The zero-order valence-corrected chi connectivity index (χ0v) is 12.4. The summed E-state index contributed by atoms with van der Waals surface area (Å²) in [6, 6.07) is 5.42. The topological polar surface area (TPSA) is 59.6 Å². The number of amides is 1. The Morgan fingerprint density at radius 1 is 1.33 bits per heavy atom. The molecule has 2 aliphatic rings. The van der Waals surface area contributed by atoms with E-state index in [1.54, 1.807) is 0 Å². The molecule has 2 atom stereocenters. The predicted molar refractivity (Wildman–Crippen MR) is 80.9 cm³/mol. The first-order valence-corrected chi connectivity index (χ1v) is 7.70. The van der Waals surface area contributed by atoms with Gasteiger partial charge in [0.1, 0.15) is 13.2 Å². The van der Waals surface area contributed by atoms with Crippen LogP contribution in [0.3, 0.4) is 0 Å². The van der Waals surface area contributed by atoms with Crippen LogP contribution in [0.25, 0.3) is 0 Å². The fourth-order valence-electron chi connectivity index (χ4n) is 2.92. The fourth-order valence-corrected chi connectivity index (χ4v) is 2.92. The van der Waals surface area contributed by atoms with Crippen molar-refractivity contribution in [3.8, 4) is 11.5 Å². The first-order valence-electron chi connectivity index (χ1n) is 7.70. The largest absolute Gasteiger partial charge is 0.486 e. The van der Waals surface area contributed by atoms with E-state index in [4.69, 9.17) is 9.47 Å². The molecule has 0 bridgehead atoms. The van der Waals surface area contributed by atoms with Gasteiger partial charge in [-0.1, -0.05) is 13.3 Å². The molecule has 2 N–H and O–H groups in total. The number of hydrogen-bond donors (Lipinski definition) is 2. The van der Waals surface area contributed by atoms with Crippen molar-refractivity contribution in [2.45, 2.75) is 32.2 Å². The smallest absolute Gasteiger partial charge is 0.241 e. The van der Waals surface area contributed by atoms with E-state index in [2.05, 4.69) is 17.6 Å². The number of rotatable bonds is 3. The predicted octanol–water partition coefficient (Wildman–Crippen LogP) is 2.17. The van der Waals surface area contributed by atoms with Crippen molar-refractivity contribution in [1.29, 1.82) is 0 Å². The molecule has 114 valence electrons. The van der Waals surface area contributed by atoms with E-state index in [1.165, 1.54) is 0 Å². The molecule has 1 saturated heterocycles. The Balaban J connectivity index is 1.64.